The average molecular weight is 174 g/mol. The summed E-state index contributed by atoms with van der Waals surface area (Å²) in [5.41, 5.74) is -0.605. The van der Waals surface area contributed by atoms with E-state index < -0.39 is 22.2 Å². The largest absolute Gasteiger partial charge is 0.868 e. The standard InChI is InChI=1S/C6H4FNO3.H3N/c7-4-1-2-5(8(10)11)6(9)3-4;/h1-3,9H;1H3. The van der Waals surface area contributed by atoms with Gasteiger partial charge in [0.05, 0.1) is 4.92 Å². The summed E-state index contributed by atoms with van der Waals surface area (Å²) in [5.74, 6) is -1.67. The minimum Gasteiger partial charge on any atom is -0.868 e. The Kier molecular flexibility index (Phi) is 3.12. The van der Waals surface area contributed by atoms with E-state index in [1.807, 2.05) is 0 Å². The minimum atomic E-state index is -0.907. The second-order valence-corrected chi connectivity index (χ2v) is 1.87. The summed E-state index contributed by atoms with van der Waals surface area (Å²) in [5, 5.41) is 20.6. The van der Waals surface area contributed by atoms with Gasteiger partial charge in [-0.2, -0.15) is 0 Å². The molecule has 0 atom stereocenters. The molecule has 5 nitrogen and oxygen atoms in total. The first kappa shape index (κ1) is 10.3. The first-order valence-electron chi connectivity index (χ1n) is 2.72. The number of halogens is 1. The summed E-state index contributed by atoms with van der Waals surface area (Å²) < 4.78 is 12.2. The Labute approximate surface area is 67.2 Å². The van der Waals surface area contributed by atoms with Crippen molar-refractivity contribution in [3.63, 3.8) is 0 Å². The van der Waals surface area contributed by atoms with Gasteiger partial charge in [-0.15, -0.1) is 0 Å². The zero-order valence-electron chi connectivity index (χ0n) is 6.28. The molecule has 0 spiro atoms. The summed E-state index contributed by atoms with van der Waals surface area (Å²) in [6.45, 7) is 0. The van der Waals surface area contributed by atoms with Crippen LogP contribution in [0.15, 0.2) is 18.2 Å². The monoisotopic (exact) mass is 174 g/mol. The molecular weight excluding hydrogens is 167 g/mol. The number of nitro groups is 1. The highest BCUT2D eigenvalue weighted by molar-refractivity contribution is 5.43. The van der Waals surface area contributed by atoms with Gasteiger partial charge in [-0.1, -0.05) is 0 Å². The third-order valence-corrected chi connectivity index (χ3v) is 1.12. The maximum absolute atomic E-state index is 12.2. The summed E-state index contributed by atoms with van der Waals surface area (Å²) >= 11 is 0. The topological polar surface area (TPSA) is 103 Å². The van der Waals surface area contributed by atoms with Crippen molar-refractivity contribution in [2.24, 2.45) is 0 Å². The maximum atomic E-state index is 12.2. The van der Waals surface area contributed by atoms with Crippen LogP contribution < -0.4 is 11.3 Å². The molecule has 0 bridgehead atoms. The first-order valence-corrected chi connectivity index (χ1v) is 2.72. The number of rotatable bonds is 1. The van der Waals surface area contributed by atoms with Crippen LogP contribution in [0.1, 0.15) is 0 Å². The lowest BCUT2D eigenvalue weighted by Crippen LogP contribution is -1.97. The summed E-state index contributed by atoms with van der Waals surface area (Å²) in [4.78, 5) is 9.17. The Morgan fingerprint density at radius 2 is 2.00 bits per heavy atom. The van der Waals surface area contributed by atoms with Gasteiger partial charge >= 0.3 is 0 Å². The molecule has 0 heterocycles. The molecule has 0 amide bonds. The lowest BCUT2D eigenvalue weighted by Gasteiger charge is -2.04. The second-order valence-electron chi connectivity index (χ2n) is 1.87. The van der Waals surface area contributed by atoms with Crippen LogP contribution in [0.5, 0.6) is 5.75 Å². The van der Waals surface area contributed by atoms with Gasteiger partial charge in [0, 0.05) is 6.07 Å². The highest BCUT2D eigenvalue weighted by Gasteiger charge is 2.05. The molecule has 1 aromatic rings. The number of nitrogens with zero attached hydrogens (tertiary/aromatic N) is 1. The highest BCUT2D eigenvalue weighted by atomic mass is 19.1. The molecule has 0 aromatic heterocycles. The Bertz CT molecular complexity index is 303. The molecule has 0 aliphatic carbocycles. The molecule has 4 N–H and O–H groups in total. The van der Waals surface area contributed by atoms with Gasteiger partial charge in [0.25, 0.3) is 5.69 Å². The van der Waals surface area contributed by atoms with Crippen LogP contribution in [0.2, 0.25) is 0 Å². The molecule has 0 aliphatic heterocycles. The second kappa shape index (κ2) is 3.63. The van der Waals surface area contributed by atoms with Gasteiger partial charge in [-0.25, -0.2) is 4.39 Å². The normalized spacial score (nSPS) is 8.75. The fourth-order valence-corrected chi connectivity index (χ4v) is 0.639. The summed E-state index contributed by atoms with van der Waals surface area (Å²) in [6.07, 6.45) is 0. The van der Waals surface area contributed by atoms with E-state index in [0.717, 1.165) is 12.1 Å². The van der Waals surface area contributed by atoms with E-state index >= 15 is 0 Å². The molecule has 1 rings (SSSR count). The van der Waals surface area contributed by atoms with Crippen molar-refractivity contribution in [3.8, 4) is 5.75 Å². The van der Waals surface area contributed by atoms with Crippen molar-refractivity contribution in [2.45, 2.75) is 0 Å². The quantitative estimate of drug-likeness (QED) is 0.510. The Morgan fingerprint density at radius 3 is 2.42 bits per heavy atom. The molecule has 0 saturated carbocycles. The molecule has 0 radical (unpaired) electrons. The van der Waals surface area contributed by atoms with Crippen molar-refractivity contribution < 1.29 is 14.4 Å². The van der Waals surface area contributed by atoms with E-state index in [9.17, 15) is 19.6 Å². The van der Waals surface area contributed by atoms with E-state index in [4.69, 9.17) is 0 Å². The van der Waals surface area contributed by atoms with Crippen LogP contribution in [0, 0.1) is 15.9 Å². The molecular formula is C6H7FN2O3. The summed E-state index contributed by atoms with van der Waals surface area (Å²) in [7, 11) is 0. The lowest BCUT2D eigenvalue weighted by molar-refractivity contribution is -0.398. The molecule has 0 aliphatic rings. The van der Waals surface area contributed by atoms with E-state index in [2.05, 4.69) is 0 Å². The third kappa shape index (κ3) is 1.89. The smallest absolute Gasteiger partial charge is 0.261 e. The van der Waals surface area contributed by atoms with E-state index in [1.165, 1.54) is 0 Å². The van der Waals surface area contributed by atoms with Crippen LogP contribution in [0.25, 0.3) is 0 Å². The fourth-order valence-electron chi connectivity index (χ4n) is 0.639. The Hall–Kier alpha value is -1.69. The molecule has 6 heteroatoms. The average Bonchev–Trinajstić information content (AvgIpc) is 1.85. The van der Waals surface area contributed by atoms with E-state index in [1.54, 1.807) is 0 Å². The molecule has 0 saturated heterocycles. The van der Waals surface area contributed by atoms with Crippen molar-refractivity contribution in [1.82, 2.24) is 6.15 Å². The predicted molar refractivity (Wildman–Crippen MR) is 38.5 cm³/mol. The van der Waals surface area contributed by atoms with Crippen molar-refractivity contribution in [1.29, 1.82) is 0 Å². The molecule has 0 fully saturated rings. The van der Waals surface area contributed by atoms with Crippen LogP contribution in [0.4, 0.5) is 10.1 Å². The van der Waals surface area contributed by atoms with Crippen LogP contribution >= 0.6 is 0 Å². The number of benzene rings is 1. The Balaban J connectivity index is 0.00000121. The van der Waals surface area contributed by atoms with Crippen molar-refractivity contribution in [2.75, 3.05) is 0 Å². The lowest BCUT2D eigenvalue weighted by atomic mass is 10.3. The minimum absolute atomic E-state index is 0. The van der Waals surface area contributed by atoms with Gasteiger partial charge < -0.3 is 11.3 Å². The van der Waals surface area contributed by atoms with Crippen LogP contribution in [0.3, 0.4) is 0 Å². The number of hydrogen-bond donors (Lipinski definition) is 1. The van der Waals surface area contributed by atoms with Gasteiger partial charge in [-0.05, 0) is 17.9 Å². The first-order chi connectivity index (χ1) is 5.11. The molecule has 12 heavy (non-hydrogen) atoms. The van der Waals surface area contributed by atoms with Gasteiger partial charge in [0.15, 0.2) is 0 Å². The van der Waals surface area contributed by atoms with Crippen LogP contribution in [-0.2, 0) is 0 Å². The zero-order valence-corrected chi connectivity index (χ0v) is 6.28. The number of hydrogen-bond acceptors (Lipinski definition) is 3. The van der Waals surface area contributed by atoms with Crippen molar-refractivity contribution in [3.05, 3.63) is 34.1 Å². The third-order valence-electron chi connectivity index (χ3n) is 1.12. The molecule has 1 aromatic carbocycles. The number of quaternary nitrogens is 1. The van der Waals surface area contributed by atoms with Crippen LogP contribution in [-0.4, -0.2) is 4.92 Å². The SMILES string of the molecule is O=[N+]([O-])c1ccc(F)cc1[O-].[NH4+]. The maximum Gasteiger partial charge on any atom is 0.261 e. The zero-order chi connectivity index (χ0) is 8.43. The highest BCUT2D eigenvalue weighted by Crippen LogP contribution is 2.22. The molecule has 0 unspecified atom stereocenters. The van der Waals surface area contributed by atoms with Gasteiger partial charge in [0.1, 0.15) is 5.82 Å². The fraction of sp³-hybridized carbons (Fsp3) is 0. The number of nitro benzene ring substituents is 1. The van der Waals surface area contributed by atoms with Crippen molar-refractivity contribution >= 4 is 5.69 Å². The predicted octanol–water partition coefficient (Wildman–Crippen LogP) is 1.18. The summed E-state index contributed by atoms with van der Waals surface area (Å²) in [6, 6.07) is 2.30. The van der Waals surface area contributed by atoms with Gasteiger partial charge in [-0.3, -0.25) is 10.1 Å². The van der Waals surface area contributed by atoms with E-state index in [-0.39, 0.29) is 6.15 Å². The van der Waals surface area contributed by atoms with Gasteiger partial charge in [0.2, 0.25) is 0 Å². The van der Waals surface area contributed by atoms with E-state index in [0.29, 0.717) is 6.07 Å². The Morgan fingerprint density at radius 1 is 1.42 bits per heavy atom. The molecule has 66 valence electrons.